The lowest BCUT2D eigenvalue weighted by Gasteiger charge is -2.22. The van der Waals surface area contributed by atoms with Crippen LogP contribution in [-0.4, -0.2) is 28.8 Å². The number of aliphatic carboxylic acids is 1. The number of hydrogen-bond donors (Lipinski definition) is 2. The van der Waals surface area contributed by atoms with Gasteiger partial charge in [0, 0.05) is 6.42 Å². The van der Waals surface area contributed by atoms with Crippen LogP contribution >= 0.6 is 0 Å². The third-order valence-corrected chi connectivity index (χ3v) is 2.48. The molecule has 1 aromatic carbocycles. The van der Waals surface area contributed by atoms with Crippen molar-refractivity contribution < 1.29 is 19.4 Å². The zero-order chi connectivity index (χ0) is 18.0. The summed E-state index contributed by atoms with van der Waals surface area (Å²) in [7, 11) is 0. The maximum Gasteiger partial charge on any atom is 0.408 e. The first-order valence-electron chi connectivity index (χ1n) is 7.42. The van der Waals surface area contributed by atoms with Crippen molar-refractivity contribution in [3.8, 4) is 6.07 Å². The van der Waals surface area contributed by atoms with Gasteiger partial charge in [-0.25, -0.2) is 9.59 Å². The number of carboxylic acids is 1. The maximum atomic E-state index is 11.6. The molecule has 6 heteroatoms. The third-order valence-electron chi connectivity index (χ3n) is 2.48. The van der Waals surface area contributed by atoms with Gasteiger partial charge in [-0.05, 0) is 38.5 Å². The van der Waals surface area contributed by atoms with Gasteiger partial charge in [-0.3, -0.25) is 0 Å². The van der Waals surface area contributed by atoms with Gasteiger partial charge in [0.1, 0.15) is 11.6 Å². The lowest BCUT2D eigenvalue weighted by Crippen LogP contribution is -2.44. The molecule has 126 valence electrons. The number of carbonyl (C=O) groups excluding carboxylic acids is 1. The molecule has 0 aromatic heterocycles. The van der Waals surface area contributed by atoms with Gasteiger partial charge in [0.25, 0.3) is 0 Å². The molecule has 0 fully saturated rings. The fourth-order valence-corrected chi connectivity index (χ4v) is 1.65. The van der Waals surface area contributed by atoms with E-state index in [1.807, 2.05) is 19.9 Å². The summed E-state index contributed by atoms with van der Waals surface area (Å²) in [4.78, 5) is 22.9. The van der Waals surface area contributed by atoms with Gasteiger partial charge in [-0.15, -0.1) is 0 Å². The zero-order valence-corrected chi connectivity index (χ0v) is 14.2. The molecular weight excluding hydrogens is 296 g/mol. The van der Waals surface area contributed by atoms with Gasteiger partial charge >= 0.3 is 12.1 Å². The topological polar surface area (TPSA) is 99.4 Å². The summed E-state index contributed by atoms with van der Waals surface area (Å²) in [5.41, 5.74) is 0.389. The fourth-order valence-electron chi connectivity index (χ4n) is 1.65. The number of amides is 1. The molecule has 1 unspecified atom stereocenters. The Morgan fingerprint density at radius 1 is 1.35 bits per heavy atom. The number of rotatable bonds is 4. The van der Waals surface area contributed by atoms with Crippen LogP contribution in [0.4, 0.5) is 4.79 Å². The van der Waals surface area contributed by atoms with Gasteiger partial charge in [0.15, 0.2) is 0 Å². The van der Waals surface area contributed by atoms with E-state index in [9.17, 15) is 14.7 Å². The number of nitrogens with one attached hydrogen (secondary N) is 1. The first kappa shape index (κ1) is 20.5. The zero-order valence-electron chi connectivity index (χ0n) is 14.2. The van der Waals surface area contributed by atoms with Gasteiger partial charge in [0.05, 0.1) is 11.6 Å². The van der Waals surface area contributed by atoms with E-state index in [-0.39, 0.29) is 6.42 Å². The lowest BCUT2D eigenvalue weighted by molar-refractivity contribution is -0.139. The van der Waals surface area contributed by atoms with E-state index in [4.69, 9.17) is 10.00 Å². The highest BCUT2D eigenvalue weighted by atomic mass is 16.6. The van der Waals surface area contributed by atoms with E-state index in [1.54, 1.807) is 45.0 Å². The molecule has 0 saturated heterocycles. The van der Waals surface area contributed by atoms with Crippen LogP contribution < -0.4 is 5.32 Å². The molecule has 0 bridgehead atoms. The molecule has 1 atom stereocenters. The molecule has 1 aromatic rings. The van der Waals surface area contributed by atoms with Crippen molar-refractivity contribution in [2.24, 2.45) is 0 Å². The van der Waals surface area contributed by atoms with Crippen LogP contribution in [0.25, 0.3) is 0 Å². The quantitative estimate of drug-likeness (QED) is 0.888. The van der Waals surface area contributed by atoms with E-state index in [0.717, 1.165) is 0 Å². The number of benzene rings is 1. The van der Waals surface area contributed by atoms with E-state index in [2.05, 4.69) is 5.32 Å². The van der Waals surface area contributed by atoms with Crippen LogP contribution in [0.2, 0.25) is 0 Å². The molecule has 2 N–H and O–H groups in total. The molecule has 6 nitrogen and oxygen atoms in total. The van der Waals surface area contributed by atoms with Gasteiger partial charge in [0.2, 0.25) is 0 Å². The monoisotopic (exact) mass is 320 g/mol. The first-order valence-corrected chi connectivity index (χ1v) is 7.42. The van der Waals surface area contributed by atoms with E-state index < -0.39 is 23.7 Å². The second kappa shape index (κ2) is 9.46. The molecule has 0 saturated carbocycles. The number of alkyl carbamates (subject to hydrolysis) is 1. The van der Waals surface area contributed by atoms with E-state index in [0.29, 0.717) is 11.1 Å². The fraction of sp³-hybridized carbons (Fsp3) is 0.471. The van der Waals surface area contributed by atoms with Crippen molar-refractivity contribution >= 4 is 12.1 Å². The molecular formula is C17H24N2O4. The number of nitrogens with zero attached hydrogens (tertiary/aromatic N) is 1. The van der Waals surface area contributed by atoms with Crippen LogP contribution in [0.15, 0.2) is 24.3 Å². The number of ether oxygens (including phenoxy) is 1. The SMILES string of the molecule is CC.CC(C)(C)OC(=O)NC(Cc1cccc(C#N)c1)C(=O)O. The minimum absolute atomic E-state index is 0.0735. The Kier molecular flexibility index (Phi) is 8.41. The van der Waals surface area contributed by atoms with Crippen LogP contribution in [0, 0.1) is 11.3 Å². The normalized spacial score (nSPS) is 11.3. The largest absolute Gasteiger partial charge is 0.480 e. The summed E-state index contributed by atoms with van der Waals surface area (Å²) in [6, 6.07) is 7.45. The van der Waals surface area contributed by atoms with E-state index in [1.165, 1.54) is 0 Å². The number of nitriles is 1. The number of carbonyl (C=O) groups is 2. The predicted octanol–water partition coefficient (Wildman–Crippen LogP) is 3.10. The summed E-state index contributed by atoms with van der Waals surface area (Å²) in [6.07, 6.45) is -0.712. The summed E-state index contributed by atoms with van der Waals surface area (Å²) >= 11 is 0. The summed E-state index contributed by atoms with van der Waals surface area (Å²) in [5, 5.41) is 20.3. The summed E-state index contributed by atoms with van der Waals surface area (Å²) in [6.45, 7) is 9.08. The molecule has 0 heterocycles. The van der Waals surface area contributed by atoms with Crippen LogP contribution in [0.5, 0.6) is 0 Å². The van der Waals surface area contributed by atoms with Crippen LogP contribution in [0.3, 0.4) is 0 Å². The van der Waals surface area contributed by atoms with Crippen LogP contribution in [0.1, 0.15) is 45.7 Å². The minimum Gasteiger partial charge on any atom is -0.480 e. The van der Waals surface area contributed by atoms with E-state index >= 15 is 0 Å². The Morgan fingerprint density at radius 3 is 2.43 bits per heavy atom. The predicted molar refractivity (Wildman–Crippen MR) is 87.0 cm³/mol. The van der Waals surface area contributed by atoms with Crippen molar-refractivity contribution in [2.75, 3.05) is 0 Å². The third kappa shape index (κ3) is 8.47. The second-order valence-corrected chi connectivity index (χ2v) is 5.55. The molecule has 0 aliphatic carbocycles. The minimum atomic E-state index is -1.16. The Morgan fingerprint density at radius 2 is 1.96 bits per heavy atom. The van der Waals surface area contributed by atoms with Crippen molar-refractivity contribution in [3.05, 3.63) is 35.4 Å². The first-order chi connectivity index (χ1) is 10.7. The van der Waals surface area contributed by atoms with Gasteiger partial charge in [-0.1, -0.05) is 26.0 Å². The second-order valence-electron chi connectivity index (χ2n) is 5.55. The number of carboxylic acid groups (broad SMARTS) is 1. The molecule has 23 heavy (non-hydrogen) atoms. The average molecular weight is 320 g/mol. The molecule has 0 aliphatic heterocycles. The van der Waals surface area contributed by atoms with Crippen molar-refractivity contribution in [3.63, 3.8) is 0 Å². The lowest BCUT2D eigenvalue weighted by atomic mass is 10.0. The molecule has 0 spiro atoms. The summed E-state index contributed by atoms with van der Waals surface area (Å²) < 4.78 is 5.04. The molecule has 1 rings (SSSR count). The highest BCUT2D eigenvalue weighted by molar-refractivity contribution is 5.80. The molecule has 0 radical (unpaired) electrons. The van der Waals surface area contributed by atoms with Crippen molar-refractivity contribution in [1.29, 1.82) is 5.26 Å². The summed E-state index contributed by atoms with van der Waals surface area (Å²) in [5.74, 6) is -1.16. The number of hydrogen-bond acceptors (Lipinski definition) is 4. The Bertz CT molecular complexity index is 571. The van der Waals surface area contributed by atoms with Gasteiger partial charge < -0.3 is 15.2 Å². The Balaban J connectivity index is 0.00000232. The highest BCUT2D eigenvalue weighted by Crippen LogP contribution is 2.10. The maximum absolute atomic E-state index is 11.6. The Hall–Kier alpha value is -2.55. The average Bonchev–Trinajstić information content (AvgIpc) is 2.47. The van der Waals surface area contributed by atoms with Gasteiger partial charge in [-0.2, -0.15) is 5.26 Å². The highest BCUT2D eigenvalue weighted by Gasteiger charge is 2.24. The molecule has 1 amide bonds. The standard InChI is InChI=1S/C15H18N2O4.C2H6/c1-15(2,3)21-14(20)17-12(13(18)19)8-10-5-4-6-11(7-10)9-16;1-2/h4-7,12H,8H2,1-3H3,(H,17,20)(H,18,19);1-2H3. The smallest absolute Gasteiger partial charge is 0.408 e. The van der Waals surface area contributed by atoms with Crippen LogP contribution in [-0.2, 0) is 16.0 Å². The van der Waals surface area contributed by atoms with Crippen molar-refractivity contribution in [2.45, 2.75) is 52.7 Å². The Labute approximate surface area is 137 Å². The van der Waals surface area contributed by atoms with Crippen molar-refractivity contribution in [1.82, 2.24) is 5.32 Å². The molecule has 0 aliphatic rings.